The number of carbonyl (C=O) groups excluding carboxylic acids is 1. The zero-order valence-corrected chi connectivity index (χ0v) is 50.3. The zero-order chi connectivity index (χ0) is 52.7. The van der Waals surface area contributed by atoms with Crippen molar-refractivity contribution in [2.24, 2.45) is 5.92 Å². The summed E-state index contributed by atoms with van der Waals surface area (Å²) in [5, 5.41) is 2.20. The van der Waals surface area contributed by atoms with E-state index in [1.54, 1.807) is 11.8 Å². The summed E-state index contributed by atoms with van der Waals surface area (Å²) in [7, 11) is -6.64. The minimum Gasteiger partial charge on any atom is -0.462 e. The first kappa shape index (κ1) is 57.4. The molecule has 1 saturated heterocycles. The Kier molecular flexibility index (Phi) is 19.0. The van der Waals surface area contributed by atoms with Crippen LogP contribution < -0.4 is 10.4 Å². The number of esters is 1. The van der Waals surface area contributed by atoms with Crippen molar-refractivity contribution in [3.05, 3.63) is 162 Å². The molecule has 388 valence electrons. The molecule has 1 aliphatic rings. The Morgan fingerprint density at radius 3 is 1.78 bits per heavy atom. The number of hydrogen-bond donors (Lipinski definition) is 0. The number of hydrogen-bond acceptors (Lipinski definition) is 7. The molecular formula is C62H86O6SSi3. The van der Waals surface area contributed by atoms with Crippen LogP contribution in [0.25, 0.3) is 11.1 Å². The van der Waals surface area contributed by atoms with Gasteiger partial charge in [0.2, 0.25) is 0 Å². The average Bonchev–Trinajstić information content (AvgIpc) is 3.64. The summed E-state index contributed by atoms with van der Waals surface area (Å²) in [5.41, 5.74) is 4.68. The summed E-state index contributed by atoms with van der Waals surface area (Å²) in [6.07, 6.45) is 4.72. The zero-order valence-electron chi connectivity index (χ0n) is 46.5. The van der Waals surface area contributed by atoms with Crippen LogP contribution in [0.1, 0.15) is 109 Å². The first-order chi connectivity index (χ1) is 33.7. The van der Waals surface area contributed by atoms with Crippen LogP contribution in [0.2, 0.25) is 48.9 Å². The minimum absolute atomic E-state index is 0.0410. The van der Waals surface area contributed by atoms with Crippen molar-refractivity contribution >= 4 is 52.8 Å². The van der Waals surface area contributed by atoms with Gasteiger partial charge in [0, 0.05) is 24.3 Å². The van der Waals surface area contributed by atoms with E-state index in [0.29, 0.717) is 25.0 Å². The maximum absolute atomic E-state index is 14.6. The van der Waals surface area contributed by atoms with Crippen molar-refractivity contribution in [3.8, 4) is 11.1 Å². The third-order valence-electron chi connectivity index (χ3n) is 14.8. The summed E-state index contributed by atoms with van der Waals surface area (Å²) < 4.78 is 35.4. The Morgan fingerprint density at radius 1 is 0.708 bits per heavy atom. The quantitative estimate of drug-likeness (QED) is 0.0314. The molecule has 0 spiro atoms. The molecule has 0 amide bonds. The molecule has 0 aromatic heterocycles. The van der Waals surface area contributed by atoms with Gasteiger partial charge in [-0.15, -0.1) is 11.8 Å². The normalized spacial score (nSPS) is 18.4. The van der Waals surface area contributed by atoms with Gasteiger partial charge in [-0.05, 0) is 120 Å². The minimum atomic E-state index is -2.82. The van der Waals surface area contributed by atoms with Crippen molar-refractivity contribution in [3.63, 3.8) is 0 Å². The maximum Gasteiger partial charge on any atom is 0.338 e. The highest BCUT2D eigenvalue weighted by Crippen LogP contribution is 2.48. The second kappa shape index (κ2) is 23.8. The van der Waals surface area contributed by atoms with Crippen molar-refractivity contribution < 1.29 is 27.9 Å². The van der Waals surface area contributed by atoms with Crippen molar-refractivity contribution in [1.29, 1.82) is 0 Å². The molecule has 1 heterocycles. The fourth-order valence-corrected chi connectivity index (χ4v) is 17.6. The maximum atomic E-state index is 14.6. The predicted octanol–water partition coefficient (Wildman–Crippen LogP) is 15.8. The molecule has 1 aliphatic heterocycles. The Balaban J connectivity index is 1.39. The largest absolute Gasteiger partial charge is 0.462 e. The van der Waals surface area contributed by atoms with Crippen LogP contribution in [0.4, 0.5) is 0 Å². The highest BCUT2D eigenvalue weighted by molar-refractivity contribution is 7.99. The van der Waals surface area contributed by atoms with Gasteiger partial charge in [0.15, 0.2) is 14.1 Å². The van der Waals surface area contributed by atoms with Crippen molar-refractivity contribution in [1.82, 2.24) is 0 Å². The fourth-order valence-electron chi connectivity index (χ4n) is 9.58. The summed E-state index contributed by atoms with van der Waals surface area (Å²) in [6, 6.07) is 48.0. The van der Waals surface area contributed by atoms with E-state index in [9.17, 15) is 4.79 Å². The van der Waals surface area contributed by atoms with Gasteiger partial charge >= 0.3 is 5.97 Å². The SMILES string of the molecule is Cc1ccc(-c2ccccc2)c(C(CC[C@H]2OC(C)(C)O[C@@H]2C(/C=C\[C@H](C)[C@H](C)O[Si](c2ccccc2)(c2ccccc2)C(C)(C)C)O[Si](C)(C)C(C)(C)C)Sc2ccccc2)c1C(=O)OCC[Si](C)(C)C. The second-order valence-electron chi connectivity index (χ2n) is 24.2. The number of carbonyl (C=O) groups is 1. The Bertz CT molecular complexity index is 2490. The molecule has 0 radical (unpaired) electrons. The van der Waals surface area contributed by atoms with Gasteiger partial charge in [-0.2, -0.15) is 0 Å². The molecule has 72 heavy (non-hydrogen) atoms. The Labute approximate surface area is 442 Å². The molecular weight excluding hydrogens is 957 g/mol. The first-order valence-corrected chi connectivity index (χ1v) is 35.7. The van der Waals surface area contributed by atoms with E-state index in [4.69, 9.17) is 23.1 Å². The van der Waals surface area contributed by atoms with Gasteiger partial charge < -0.3 is 23.1 Å². The van der Waals surface area contributed by atoms with Gasteiger partial charge in [0.05, 0.1) is 24.4 Å². The third-order valence-corrected chi connectivity index (χ3v) is 27.4. The van der Waals surface area contributed by atoms with Crippen LogP contribution in [-0.4, -0.2) is 67.5 Å². The Morgan fingerprint density at radius 2 is 1.25 bits per heavy atom. The van der Waals surface area contributed by atoms with Crippen LogP contribution in [0.3, 0.4) is 0 Å². The number of thioether (sulfide) groups is 1. The van der Waals surface area contributed by atoms with Crippen molar-refractivity contribution in [2.45, 2.75) is 178 Å². The first-order valence-electron chi connectivity index (χ1n) is 26.3. The lowest BCUT2D eigenvalue weighted by Gasteiger charge is -2.45. The van der Waals surface area contributed by atoms with E-state index in [1.165, 1.54) is 10.4 Å². The second-order valence-corrected chi connectivity index (χ2v) is 40.1. The molecule has 0 saturated carbocycles. The smallest absolute Gasteiger partial charge is 0.338 e. The molecule has 0 N–H and O–H groups in total. The summed E-state index contributed by atoms with van der Waals surface area (Å²) in [4.78, 5) is 15.7. The number of aryl methyl sites for hydroxylation is 1. The van der Waals surface area contributed by atoms with E-state index < -0.39 is 42.7 Å². The van der Waals surface area contributed by atoms with E-state index >= 15 is 0 Å². The monoisotopic (exact) mass is 1040 g/mol. The molecule has 6 atom stereocenters. The van der Waals surface area contributed by atoms with Crippen LogP contribution >= 0.6 is 11.8 Å². The van der Waals surface area contributed by atoms with Gasteiger partial charge in [-0.25, -0.2) is 4.79 Å². The van der Waals surface area contributed by atoms with Crippen LogP contribution in [0.15, 0.2) is 151 Å². The van der Waals surface area contributed by atoms with Crippen LogP contribution in [0.5, 0.6) is 0 Å². The van der Waals surface area contributed by atoms with Gasteiger partial charge in [-0.1, -0.05) is 202 Å². The lowest BCUT2D eigenvalue weighted by Crippen LogP contribution is -2.67. The van der Waals surface area contributed by atoms with Crippen molar-refractivity contribution in [2.75, 3.05) is 6.61 Å². The average molecular weight is 1040 g/mol. The molecule has 2 unspecified atom stereocenters. The molecule has 6 nitrogen and oxygen atoms in total. The summed E-state index contributed by atoms with van der Waals surface area (Å²) in [5.74, 6) is -1.07. The molecule has 0 bridgehead atoms. The topological polar surface area (TPSA) is 63.2 Å². The molecule has 1 fully saturated rings. The lowest BCUT2D eigenvalue weighted by atomic mass is 9.88. The standard InChI is InChI=1S/C62H86O6SSi3/c1-45(47(3)67-72(61(7,8)9,50-33-25-19-26-34-50)51-35-27-20-28-36-51)38-40-54(68-71(15,16)60(4,5)6)58-53(65-62(10,11)66-58)41-42-55(69-49-31-23-18-24-32-49)57-52(48-29-21-17-22-30-48)39-37-46(2)56(57)59(63)64-43-44-70(12,13)14/h17-40,45,47,53-55,58H,41-44H2,1-16H3/b40-38-/t45-,47-,53+,54?,55?,58-/m0/s1. The van der Waals surface area contributed by atoms with E-state index in [0.717, 1.165) is 33.2 Å². The van der Waals surface area contributed by atoms with Crippen LogP contribution in [0, 0.1) is 12.8 Å². The molecule has 5 aromatic carbocycles. The Hall–Kier alpha value is -3.85. The van der Waals surface area contributed by atoms with Gasteiger partial charge in [0.25, 0.3) is 8.32 Å². The van der Waals surface area contributed by atoms with Gasteiger partial charge in [-0.3, -0.25) is 0 Å². The molecule has 5 aromatic rings. The van der Waals surface area contributed by atoms with E-state index in [1.807, 2.05) is 26.8 Å². The molecule has 10 heteroatoms. The number of benzene rings is 5. The lowest BCUT2D eigenvalue weighted by molar-refractivity contribution is -0.152. The predicted molar refractivity (Wildman–Crippen MR) is 312 cm³/mol. The fraction of sp³-hybridized carbons (Fsp3) is 0.468. The van der Waals surface area contributed by atoms with E-state index in [-0.39, 0.29) is 39.4 Å². The van der Waals surface area contributed by atoms with Gasteiger partial charge in [0.1, 0.15) is 6.10 Å². The highest BCUT2D eigenvalue weighted by atomic mass is 32.2. The van der Waals surface area contributed by atoms with E-state index in [2.05, 4.69) is 228 Å². The third kappa shape index (κ3) is 14.3. The number of rotatable bonds is 21. The van der Waals surface area contributed by atoms with Crippen LogP contribution in [-0.2, 0) is 23.1 Å². The highest BCUT2D eigenvalue weighted by Gasteiger charge is 2.52. The molecule has 0 aliphatic carbocycles. The summed E-state index contributed by atoms with van der Waals surface area (Å²) >= 11 is 1.80. The molecule has 6 rings (SSSR count). The number of ether oxygens (including phenoxy) is 3. The summed E-state index contributed by atoms with van der Waals surface area (Å²) in [6.45, 7) is 36.5.